The van der Waals surface area contributed by atoms with Gasteiger partial charge in [0.2, 0.25) is 5.91 Å². The summed E-state index contributed by atoms with van der Waals surface area (Å²) in [6, 6.07) is 13.8. The number of nitrogens with one attached hydrogen (secondary N) is 1. The Morgan fingerprint density at radius 1 is 1.03 bits per heavy atom. The van der Waals surface area contributed by atoms with Gasteiger partial charge in [-0.1, -0.05) is 54.1 Å². The summed E-state index contributed by atoms with van der Waals surface area (Å²) >= 11 is 1.07. The van der Waals surface area contributed by atoms with Gasteiger partial charge in [-0.3, -0.25) is 14.5 Å². The minimum atomic E-state index is -0.973. The number of nitrogens with zero attached hydrogens (tertiary/aromatic N) is 3. The first-order valence-corrected chi connectivity index (χ1v) is 11.2. The van der Waals surface area contributed by atoms with Gasteiger partial charge >= 0.3 is 0 Å². The highest BCUT2D eigenvalue weighted by molar-refractivity contribution is 7.03. The van der Waals surface area contributed by atoms with Crippen molar-refractivity contribution >= 4 is 29.0 Å². The Morgan fingerprint density at radius 3 is 2.39 bits per heavy atom. The standard InChI is InChI=1S/C23H23FN4O2S/c24-17-13-11-16(12-14-17)21(22(29)25-18-7-3-1-4-8-18)28(19-9-5-2-6-10-19)23(30)20-15-31-27-26-20/h2,5-6,9-15,18,21H,1,3-4,7-8H2,(H,25,29)/t21-/m1/s1. The molecule has 0 unspecified atom stereocenters. The number of carbonyl (C=O) groups excluding carboxylic acids is 2. The van der Waals surface area contributed by atoms with Gasteiger partial charge in [-0.15, -0.1) is 5.10 Å². The molecule has 0 saturated heterocycles. The molecule has 6 nitrogen and oxygen atoms in total. The molecule has 1 fully saturated rings. The highest BCUT2D eigenvalue weighted by Gasteiger charge is 2.35. The van der Waals surface area contributed by atoms with E-state index in [9.17, 15) is 14.0 Å². The van der Waals surface area contributed by atoms with Crippen LogP contribution in [-0.2, 0) is 4.79 Å². The molecule has 1 atom stereocenters. The Kier molecular flexibility index (Phi) is 6.66. The molecule has 1 aromatic heterocycles. The van der Waals surface area contributed by atoms with Crippen molar-refractivity contribution in [2.75, 3.05) is 4.90 Å². The molecule has 0 bridgehead atoms. The van der Waals surface area contributed by atoms with Gasteiger partial charge in [0.25, 0.3) is 5.91 Å². The van der Waals surface area contributed by atoms with E-state index in [4.69, 9.17) is 0 Å². The number of anilines is 1. The van der Waals surface area contributed by atoms with Gasteiger partial charge in [0.1, 0.15) is 11.9 Å². The largest absolute Gasteiger partial charge is 0.351 e. The minimum absolute atomic E-state index is 0.0675. The molecule has 0 spiro atoms. The molecule has 0 aliphatic heterocycles. The zero-order chi connectivity index (χ0) is 21.6. The van der Waals surface area contributed by atoms with Crippen LogP contribution in [-0.4, -0.2) is 27.4 Å². The third-order valence-electron chi connectivity index (χ3n) is 5.48. The summed E-state index contributed by atoms with van der Waals surface area (Å²) in [7, 11) is 0. The molecule has 8 heteroatoms. The van der Waals surface area contributed by atoms with Crippen LogP contribution < -0.4 is 10.2 Å². The first kappa shape index (κ1) is 21.1. The van der Waals surface area contributed by atoms with Crippen molar-refractivity contribution in [3.8, 4) is 0 Å². The molecule has 1 heterocycles. The van der Waals surface area contributed by atoms with E-state index in [1.54, 1.807) is 41.8 Å². The maximum Gasteiger partial charge on any atom is 0.280 e. The average Bonchev–Trinajstić information content (AvgIpc) is 3.34. The SMILES string of the molecule is O=C(NC1CCCCC1)[C@@H](c1ccc(F)cc1)N(C(=O)c1csnn1)c1ccccc1. The molecule has 0 radical (unpaired) electrons. The normalized spacial score (nSPS) is 15.3. The van der Waals surface area contributed by atoms with E-state index >= 15 is 0 Å². The van der Waals surface area contributed by atoms with Gasteiger partial charge in [-0.05, 0) is 54.2 Å². The van der Waals surface area contributed by atoms with Crippen LogP contribution in [0.25, 0.3) is 0 Å². The van der Waals surface area contributed by atoms with E-state index in [0.717, 1.165) is 37.2 Å². The predicted octanol–water partition coefficient (Wildman–Crippen LogP) is 4.51. The highest BCUT2D eigenvalue weighted by atomic mass is 32.1. The van der Waals surface area contributed by atoms with Crippen LogP contribution >= 0.6 is 11.5 Å². The number of halogens is 1. The number of para-hydroxylation sites is 1. The quantitative estimate of drug-likeness (QED) is 0.614. The number of carbonyl (C=O) groups is 2. The lowest BCUT2D eigenvalue weighted by Crippen LogP contribution is -2.47. The van der Waals surface area contributed by atoms with E-state index in [-0.39, 0.29) is 17.6 Å². The summed E-state index contributed by atoms with van der Waals surface area (Å²) in [5.41, 5.74) is 1.23. The Labute approximate surface area is 184 Å². The fraction of sp³-hybridized carbons (Fsp3) is 0.304. The fourth-order valence-corrected chi connectivity index (χ4v) is 4.37. The Balaban J connectivity index is 1.76. The van der Waals surface area contributed by atoms with Gasteiger partial charge in [-0.2, -0.15) is 0 Å². The van der Waals surface area contributed by atoms with Gasteiger partial charge in [0.05, 0.1) is 0 Å². The lowest BCUT2D eigenvalue weighted by atomic mass is 9.94. The van der Waals surface area contributed by atoms with Crippen molar-refractivity contribution in [3.05, 3.63) is 77.1 Å². The van der Waals surface area contributed by atoms with Crippen molar-refractivity contribution in [2.45, 2.75) is 44.2 Å². The van der Waals surface area contributed by atoms with Gasteiger partial charge in [0, 0.05) is 17.1 Å². The van der Waals surface area contributed by atoms with E-state index < -0.39 is 17.8 Å². The summed E-state index contributed by atoms with van der Waals surface area (Å²) < 4.78 is 17.4. The number of amides is 2. The van der Waals surface area contributed by atoms with Crippen LogP contribution in [0.3, 0.4) is 0 Å². The number of hydrogen-bond acceptors (Lipinski definition) is 5. The first-order valence-electron chi connectivity index (χ1n) is 10.3. The molecule has 4 rings (SSSR count). The Morgan fingerprint density at radius 2 is 1.74 bits per heavy atom. The van der Waals surface area contributed by atoms with Crippen LogP contribution in [0.1, 0.15) is 54.2 Å². The molecule has 160 valence electrons. The van der Waals surface area contributed by atoms with Crippen molar-refractivity contribution in [3.63, 3.8) is 0 Å². The van der Waals surface area contributed by atoms with Gasteiger partial charge in [0.15, 0.2) is 5.69 Å². The lowest BCUT2D eigenvalue weighted by molar-refractivity contribution is -0.123. The topological polar surface area (TPSA) is 75.2 Å². The average molecular weight is 439 g/mol. The van der Waals surface area contributed by atoms with Crippen LogP contribution in [0.2, 0.25) is 0 Å². The second-order valence-electron chi connectivity index (χ2n) is 7.60. The van der Waals surface area contributed by atoms with Crippen molar-refractivity contribution < 1.29 is 14.0 Å². The third kappa shape index (κ3) is 4.96. The molecular weight excluding hydrogens is 415 g/mol. The van der Waals surface area contributed by atoms with Crippen LogP contribution in [0.4, 0.5) is 10.1 Å². The summed E-state index contributed by atoms with van der Waals surface area (Å²) in [6.45, 7) is 0. The second kappa shape index (κ2) is 9.78. The Bertz CT molecular complexity index is 1010. The number of benzene rings is 2. The highest BCUT2D eigenvalue weighted by Crippen LogP contribution is 2.30. The summed E-state index contributed by atoms with van der Waals surface area (Å²) in [5.74, 6) is -1.14. The van der Waals surface area contributed by atoms with Crippen LogP contribution in [0.15, 0.2) is 60.0 Å². The zero-order valence-electron chi connectivity index (χ0n) is 16.9. The molecule has 31 heavy (non-hydrogen) atoms. The van der Waals surface area contributed by atoms with E-state index in [1.165, 1.54) is 23.5 Å². The predicted molar refractivity (Wildman–Crippen MR) is 117 cm³/mol. The number of rotatable bonds is 6. The summed E-state index contributed by atoms with van der Waals surface area (Å²) in [4.78, 5) is 28.4. The molecule has 1 aliphatic carbocycles. The molecule has 1 saturated carbocycles. The maximum atomic E-state index is 13.6. The molecule has 2 amide bonds. The second-order valence-corrected chi connectivity index (χ2v) is 8.21. The van der Waals surface area contributed by atoms with E-state index in [0.29, 0.717) is 11.3 Å². The van der Waals surface area contributed by atoms with Crippen molar-refractivity contribution in [2.24, 2.45) is 0 Å². The van der Waals surface area contributed by atoms with Crippen molar-refractivity contribution in [1.82, 2.24) is 14.9 Å². The van der Waals surface area contributed by atoms with Gasteiger partial charge in [-0.25, -0.2) is 4.39 Å². The van der Waals surface area contributed by atoms with Crippen LogP contribution in [0, 0.1) is 5.82 Å². The van der Waals surface area contributed by atoms with Crippen molar-refractivity contribution in [1.29, 1.82) is 0 Å². The molecule has 3 aromatic rings. The van der Waals surface area contributed by atoms with E-state index in [1.807, 2.05) is 6.07 Å². The summed E-state index contributed by atoms with van der Waals surface area (Å²) in [5, 5.41) is 8.59. The third-order valence-corrected chi connectivity index (χ3v) is 5.98. The number of aromatic nitrogens is 2. The smallest absolute Gasteiger partial charge is 0.280 e. The lowest BCUT2D eigenvalue weighted by Gasteiger charge is -2.33. The van der Waals surface area contributed by atoms with E-state index in [2.05, 4.69) is 14.9 Å². The fourth-order valence-electron chi connectivity index (χ4n) is 3.94. The number of hydrogen-bond donors (Lipinski definition) is 1. The molecular formula is C23H23FN4O2S. The molecule has 1 N–H and O–H groups in total. The maximum absolute atomic E-state index is 13.6. The zero-order valence-corrected chi connectivity index (χ0v) is 17.7. The Hall–Kier alpha value is -3.13. The molecule has 2 aromatic carbocycles. The summed E-state index contributed by atoms with van der Waals surface area (Å²) in [6.07, 6.45) is 5.13. The minimum Gasteiger partial charge on any atom is -0.351 e. The molecule has 1 aliphatic rings. The van der Waals surface area contributed by atoms with Gasteiger partial charge < -0.3 is 5.32 Å². The first-order chi connectivity index (χ1) is 15.1. The monoisotopic (exact) mass is 438 g/mol. The van der Waals surface area contributed by atoms with Crippen LogP contribution in [0.5, 0.6) is 0 Å².